The number of rotatable bonds is 3. The molecule has 0 aromatic rings. The van der Waals surface area contributed by atoms with Crippen LogP contribution in [-0.2, 0) is 24.2 Å². The molecule has 2 N–H and O–H groups in total. The monoisotopic (exact) mass is 418 g/mol. The zero-order chi connectivity index (χ0) is 19.9. The average molecular weight is 418 g/mol. The Hall–Kier alpha value is -1.12. The minimum Gasteiger partial charge on any atom is -1.00 e. The molecule has 0 aromatic heterocycles. The molecule has 14 heteroatoms. The zero-order valence-corrected chi connectivity index (χ0v) is 18.6. The number of nitrogens with one attached hydrogen (secondary N) is 1. The third-order valence-electron chi connectivity index (χ3n) is 3.75. The summed E-state index contributed by atoms with van der Waals surface area (Å²) in [7, 11) is -3.55. The van der Waals surface area contributed by atoms with Gasteiger partial charge in [0.05, 0.1) is 6.04 Å². The Bertz CT molecular complexity index is 716. The van der Waals surface area contributed by atoms with Crippen LogP contribution < -0.4 is 35.0 Å². The predicted octanol–water partition coefficient (Wildman–Crippen LogP) is -3.00. The largest absolute Gasteiger partial charge is 1.00 e. The number of amides is 4. The molecule has 2 heterocycles. The van der Waals surface area contributed by atoms with Crippen LogP contribution in [0.2, 0.25) is 0 Å². The van der Waals surface area contributed by atoms with Crippen LogP contribution in [0.1, 0.15) is 35.0 Å². The normalized spacial score (nSPS) is 22.2. The molecule has 12 nitrogen and oxygen atoms in total. The van der Waals surface area contributed by atoms with E-state index in [1.54, 1.807) is 20.8 Å². The molecular weight excluding hydrogens is 395 g/mol. The number of urea groups is 1. The summed E-state index contributed by atoms with van der Waals surface area (Å²) in [4.78, 5) is 37.7. The molecule has 2 bridgehead atoms. The Morgan fingerprint density at radius 3 is 2.44 bits per heavy atom. The Morgan fingerprint density at radius 2 is 1.93 bits per heavy atom. The van der Waals surface area contributed by atoms with Gasteiger partial charge >= 0.3 is 52.1 Å². The number of fused-ring (bicyclic) bond motifs is 2. The van der Waals surface area contributed by atoms with E-state index in [-0.39, 0.29) is 50.4 Å². The molecule has 2 rings (SSSR count). The molecule has 2 atom stereocenters. The van der Waals surface area contributed by atoms with Gasteiger partial charge in [0.15, 0.2) is 0 Å². The first-order valence-electron chi connectivity index (χ1n) is 7.82. The van der Waals surface area contributed by atoms with Gasteiger partial charge in [0, 0.05) is 13.6 Å². The van der Waals surface area contributed by atoms with Crippen molar-refractivity contribution < 1.29 is 67.4 Å². The number of nitrogens with zero attached hydrogens (tertiary/aromatic N) is 3. The first-order chi connectivity index (χ1) is 11.8. The molecule has 2 aliphatic rings. The molecule has 0 aromatic carbocycles. The van der Waals surface area contributed by atoms with E-state index in [1.165, 1.54) is 7.05 Å². The van der Waals surface area contributed by atoms with Gasteiger partial charge in [-0.3, -0.25) is 14.8 Å². The van der Waals surface area contributed by atoms with E-state index >= 15 is 0 Å². The van der Waals surface area contributed by atoms with Gasteiger partial charge in [-0.05, 0) is 33.6 Å². The van der Waals surface area contributed by atoms with E-state index in [0.29, 0.717) is 5.06 Å². The number of hydrogen-bond acceptors (Lipinski definition) is 7. The second kappa shape index (κ2) is 8.49. The van der Waals surface area contributed by atoms with Crippen LogP contribution in [0, 0.1) is 0 Å². The molecule has 2 saturated heterocycles. The second-order valence-corrected chi connectivity index (χ2v) is 8.03. The number of carbonyl (C=O) groups excluding carboxylic acids is 3. The third-order valence-corrected chi connectivity index (χ3v) is 4.09. The van der Waals surface area contributed by atoms with Crippen molar-refractivity contribution in [3.8, 4) is 0 Å². The van der Waals surface area contributed by atoms with Crippen molar-refractivity contribution >= 4 is 28.4 Å². The van der Waals surface area contributed by atoms with Gasteiger partial charge in [0.25, 0.3) is 5.91 Å². The van der Waals surface area contributed by atoms with Crippen LogP contribution in [0.4, 0.5) is 9.59 Å². The van der Waals surface area contributed by atoms with Gasteiger partial charge in [-0.15, -0.1) is 4.28 Å². The van der Waals surface area contributed by atoms with E-state index in [4.69, 9.17) is 9.29 Å². The zero-order valence-electron chi connectivity index (χ0n) is 16.8. The van der Waals surface area contributed by atoms with E-state index in [9.17, 15) is 22.8 Å². The van der Waals surface area contributed by atoms with Gasteiger partial charge in [-0.1, -0.05) is 0 Å². The van der Waals surface area contributed by atoms with E-state index < -0.39 is 46.1 Å². The molecule has 150 valence electrons. The van der Waals surface area contributed by atoms with Crippen LogP contribution in [0.25, 0.3) is 0 Å². The average Bonchev–Trinajstić information content (AvgIpc) is 2.69. The summed E-state index contributed by atoms with van der Waals surface area (Å²) in [6.07, 6.45) is -0.259. The summed E-state index contributed by atoms with van der Waals surface area (Å²) in [5.41, 5.74) is 1.59. The maximum absolute atomic E-state index is 12.4. The predicted molar refractivity (Wildman–Crippen MR) is 86.6 cm³/mol. The van der Waals surface area contributed by atoms with E-state index in [0.717, 1.165) is 9.91 Å². The summed E-state index contributed by atoms with van der Waals surface area (Å²) in [6.45, 7) is 5.08. The molecule has 2 aliphatic heterocycles. The standard InChI is InChI=1S/C13H22N4O8S.Na.H/c1-13(2,3)24-12(20)15(4)14-10(18)9-6-5-8-7-16(9)11(19)17(8)25-26(21,22)23;;/h8-9H,5-7H2,1-4H3,(H,14,18)(H,21,22,23);;/q;+1;-1. The molecule has 0 aliphatic carbocycles. The number of hydrogen-bond donors (Lipinski definition) is 2. The first-order valence-corrected chi connectivity index (χ1v) is 9.19. The van der Waals surface area contributed by atoms with Gasteiger partial charge in [-0.25, -0.2) is 14.6 Å². The Kier molecular flexibility index (Phi) is 7.52. The van der Waals surface area contributed by atoms with Crippen molar-refractivity contribution in [2.45, 2.75) is 51.3 Å². The Morgan fingerprint density at radius 1 is 1.33 bits per heavy atom. The minimum absolute atomic E-state index is 0. The number of ether oxygens (including phenoxy) is 1. The maximum Gasteiger partial charge on any atom is 1.00 e. The topological polar surface area (TPSA) is 146 Å². The molecule has 2 fully saturated rings. The number of piperidine rings is 1. The summed E-state index contributed by atoms with van der Waals surface area (Å²) < 4.78 is 39.9. The number of hydrazine groups is 1. The number of carbonyl (C=O) groups is 3. The summed E-state index contributed by atoms with van der Waals surface area (Å²) in [5, 5.41) is 1.41. The molecular formula is C13H23N4NaO8S. The molecule has 0 saturated carbocycles. The van der Waals surface area contributed by atoms with Gasteiger partial charge in [0.2, 0.25) is 0 Å². The Labute approximate surface area is 180 Å². The van der Waals surface area contributed by atoms with Gasteiger partial charge < -0.3 is 11.1 Å². The van der Waals surface area contributed by atoms with Crippen molar-refractivity contribution in [1.82, 2.24) is 20.4 Å². The fourth-order valence-electron chi connectivity index (χ4n) is 2.72. The van der Waals surface area contributed by atoms with Crippen molar-refractivity contribution in [3.63, 3.8) is 0 Å². The fraction of sp³-hybridized carbons (Fsp3) is 0.769. The SMILES string of the molecule is CN(NC(=O)C1CCC2CN1C(=O)N2OS(=O)(=O)O)C(=O)OC(C)(C)C.[H-].[Na+]. The molecule has 2 unspecified atom stereocenters. The van der Waals surface area contributed by atoms with Crippen LogP contribution in [0.3, 0.4) is 0 Å². The summed E-state index contributed by atoms with van der Waals surface area (Å²) in [6, 6.07) is -2.37. The van der Waals surface area contributed by atoms with Gasteiger partial charge in [-0.2, -0.15) is 13.5 Å². The maximum atomic E-state index is 12.4. The quantitative estimate of drug-likeness (QED) is 0.280. The smallest absolute Gasteiger partial charge is 1.00 e. The van der Waals surface area contributed by atoms with Crippen molar-refractivity contribution in [2.75, 3.05) is 13.6 Å². The second-order valence-electron chi connectivity index (χ2n) is 7.03. The van der Waals surface area contributed by atoms with E-state index in [1.807, 2.05) is 0 Å². The molecule has 27 heavy (non-hydrogen) atoms. The van der Waals surface area contributed by atoms with Crippen LogP contribution in [-0.4, -0.2) is 77.3 Å². The number of hydroxylamine groups is 2. The van der Waals surface area contributed by atoms with Crippen LogP contribution >= 0.6 is 0 Å². The third kappa shape index (κ3) is 6.19. The first kappa shape index (κ1) is 23.9. The van der Waals surface area contributed by atoms with Crippen LogP contribution in [0.15, 0.2) is 0 Å². The van der Waals surface area contributed by atoms with Crippen molar-refractivity contribution in [1.29, 1.82) is 0 Å². The van der Waals surface area contributed by atoms with E-state index in [2.05, 4.69) is 9.71 Å². The minimum atomic E-state index is -4.86. The van der Waals surface area contributed by atoms with Crippen molar-refractivity contribution in [2.24, 2.45) is 0 Å². The summed E-state index contributed by atoms with van der Waals surface area (Å²) >= 11 is 0. The summed E-state index contributed by atoms with van der Waals surface area (Å²) in [5.74, 6) is -0.626. The van der Waals surface area contributed by atoms with Gasteiger partial charge in [0.1, 0.15) is 11.6 Å². The molecule has 0 spiro atoms. The van der Waals surface area contributed by atoms with Crippen molar-refractivity contribution in [3.05, 3.63) is 0 Å². The fourth-order valence-corrected chi connectivity index (χ4v) is 3.11. The molecule has 4 amide bonds. The molecule has 0 radical (unpaired) electrons. The Balaban J connectivity index is 0.00000364. The van der Waals surface area contributed by atoms with Crippen LogP contribution in [0.5, 0.6) is 0 Å².